The summed E-state index contributed by atoms with van der Waals surface area (Å²) >= 11 is 0. The van der Waals surface area contributed by atoms with Crippen molar-refractivity contribution in [3.05, 3.63) is 0 Å². The molecule has 2 bridgehead atoms. The van der Waals surface area contributed by atoms with E-state index in [1.807, 2.05) is 0 Å². The van der Waals surface area contributed by atoms with E-state index in [0.717, 1.165) is 24.3 Å². The minimum absolute atomic E-state index is 0.554. The van der Waals surface area contributed by atoms with E-state index in [4.69, 9.17) is 5.73 Å². The van der Waals surface area contributed by atoms with E-state index in [1.54, 1.807) is 0 Å². The van der Waals surface area contributed by atoms with E-state index in [2.05, 4.69) is 13.8 Å². The van der Waals surface area contributed by atoms with Crippen molar-refractivity contribution < 1.29 is 0 Å². The van der Waals surface area contributed by atoms with Gasteiger partial charge in [-0.05, 0) is 55.4 Å². The summed E-state index contributed by atoms with van der Waals surface area (Å²) in [6.07, 6.45) is 8.61. The predicted octanol–water partition coefficient (Wildman–Crippen LogP) is 3.19. The molecule has 2 N–H and O–H groups in total. The smallest absolute Gasteiger partial charge is 0.00177 e. The fraction of sp³-hybridized carbons (Fsp3) is 1.00. The molecular weight excluding hydrogens is 170 g/mol. The van der Waals surface area contributed by atoms with Gasteiger partial charge in [0, 0.05) is 0 Å². The molecule has 82 valence electrons. The van der Waals surface area contributed by atoms with Gasteiger partial charge in [0.05, 0.1) is 0 Å². The highest BCUT2D eigenvalue weighted by molar-refractivity contribution is 5.01. The van der Waals surface area contributed by atoms with Crippen LogP contribution in [0, 0.1) is 23.2 Å². The third-order valence-electron chi connectivity index (χ3n) is 4.96. The van der Waals surface area contributed by atoms with Gasteiger partial charge >= 0.3 is 0 Å². The molecule has 0 saturated heterocycles. The Morgan fingerprint density at radius 1 is 1.43 bits per heavy atom. The lowest BCUT2D eigenvalue weighted by Gasteiger charge is -2.38. The maximum Gasteiger partial charge on any atom is -0.00177 e. The summed E-state index contributed by atoms with van der Waals surface area (Å²) in [6.45, 7) is 5.64. The molecule has 2 rings (SSSR count). The molecule has 4 unspecified atom stereocenters. The Hall–Kier alpha value is -0.0400. The summed E-state index contributed by atoms with van der Waals surface area (Å²) in [7, 11) is 0. The Morgan fingerprint density at radius 2 is 2.21 bits per heavy atom. The maximum absolute atomic E-state index is 6.06. The van der Waals surface area contributed by atoms with Crippen LogP contribution in [0.25, 0.3) is 0 Å². The Kier molecular flexibility index (Phi) is 2.88. The van der Waals surface area contributed by atoms with Crippen LogP contribution in [0.3, 0.4) is 0 Å². The largest absolute Gasteiger partial charge is 0.330 e. The van der Waals surface area contributed by atoms with Crippen LogP contribution in [-0.4, -0.2) is 6.54 Å². The minimum atomic E-state index is 0.554. The van der Waals surface area contributed by atoms with Crippen LogP contribution >= 0.6 is 0 Å². The molecule has 0 aliphatic heterocycles. The zero-order valence-electron chi connectivity index (χ0n) is 9.76. The molecule has 0 amide bonds. The maximum atomic E-state index is 6.06. The topological polar surface area (TPSA) is 26.0 Å². The van der Waals surface area contributed by atoms with Crippen molar-refractivity contribution in [3.63, 3.8) is 0 Å². The quantitative estimate of drug-likeness (QED) is 0.732. The van der Waals surface area contributed by atoms with Gasteiger partial charge in [-0.25, -0.2) is 0 Å². The van der Waals surface area contributed by atoms with Gasteiger partial charge < -0.3 is 5.73 Å². The molecule has 2 aliphatic rings. The van der Waals surface area contributed by atoms with E-state index in [1.165, 1.54) is 38.5 Å². The number of fused-ring (bicyclic) bond motifs is 2. The van der Waals surface area contributed by atoms with Crippen LogP contribution < -0.4 is 5.73 Å². The highest BCUT2D eigenvalue weighted by Gasteiger charge is 2.49. The highest BCUT2D eigenvalue weighted by Crippen LogP contribution is 2.58. The molecule has 0 radical (unpaired) electrons. The van der Waals surface area contributed by atoms with Gasteiger partial charge in [0.1, 0.15) is 0 Å². The molecule has 2 saturated carbocycles. The molecule has 0 aromatic rings. The summed E-state index contributed by atoms with van der Waals surface area (Å²) < 4.78 is 0. The molecule has 1 heteroatoms. The normalized spacial score (nSPS) is 43.1. The zero-order valence-corrected chi connectivity index (χ0v) is 9.76. The summed E-state index contributed by atoms with van der Waals surface area (Å²) in [5.41, 5.74) is 6.61. The molecule has 0 aromatic carbocycles. The van der Waals surface area contributed by atoms with E-state index >= 15 is 0 Å². The molecule has 4 atom stereocenters. The minimum Gasteiger partial charge on any atom is -0.330 e. The molecule has 0 aromatic heterocycles. The first kappa shape index (κ1) is 10.5. The second kappa shape index (κ2) is 3.84. The van der Waals surface area contributed by atoms with Crippen molar-refractivity contribution in [2.45, 2.75) is 52.4 Å². The molecule has 0 heterocycles. The second-order valence-corrected chi connectivity index (χ2v) is 5.86. The van der Waals surface area contributed by atoms with Crippen molar-refractivity contribution in [3.8, 4) is 0 Å². The fourth-order valence-corrected chi connectivity index (χ4v) is 3.98. The lowest BCUT2D eigenvalue weighted by atomic mass is 9.68. The van der Waals surface area contributed by atoms with Gasteiger partial charge in [0.15, 0.2) is 0 Å². The van der Waals surface area contributed by atoms with Crippen molar-refractivity contribution in [2.75, 3.05) is 6.54 Å². The first-order valence-corrected chi connectivity index (χ1v) is 6.40. The Labute approximate surface area is 88.4 Å². The Morgan fingerprint density at radius 3 is 2.64 bits per heavy atom. The first-order valence-electron chi connectivity index (χ1n) is 6.40. The van der Waals surface area contributed by atoms with Crippen LogP contribution in [0.1, 0.15) is 52.4 Å². The van der Waals surface area contributed by atoms with E-state index in [0.29, 0.717) is 5.41 Å². The van der Waals surface area contributed by atoms with Gasteiger partial charge in [0.25, 0.3) is 0 Å². The van der Waals surface area contributed by atoms with Gasteiger partial charge in [0.2, 0.25) is 0 Å². The Bertz CT molecular complexity index is 201. The molecule has 2 fully saturated rings. The van der Waals surface area contributed by atoms with Crippen molar-refractivity contribution in [2.24, 2.45) is 28.9 Å². The molecule has 1 nitrogen and oxygen atoms in total. The predicted molar refractivity (Wildman–Crippen MR) is 61.0 cm³/mol. The number of hydrogen-bond donors (Lipinski definition) is 1. The van der Waals surface area contributed by atoms with Crippen LogP contribution in [0.4, 0.5) is 0 Å². The van der Waals surface area contributed by atoms with Crippen molar-refractivity contribution in [1.29, 1.82) is 0 Å². The number of hydrogen-bond acceptors (Lipinski definition) is 1. The third-order valence-corrected chi connectivity index (χ3v) is 4.96. The Balaban J connectivity index is 2.03. The van der Waals surface area contributed by atoms with Gasteiger partial charge in [-0.3, -0.25) is 0 Å². The fourth-order valence-electron chi connectivity index (χ4n) is 3.98. The SMILES string of the molecule is CCC(C)CC1(CN)CC2CCC1C2. The van der Waals surface area contributed by atoms with Crippen LogP contribution in [0.2, 0.25) is 0 Å². The van der Waals surface area contributed by atoms with Crippen molar-refractivity contribution >= 4 is 0 Å². The van der Waals surface area contributed by atoms with E-state index in [-0.39, 0.29) is 0 Å². The van der Waals surface area contributed by atoms with Crippen LogP contribution in [0.15, 0.2) is 0 Å². The second-order valence-electron chi connectivity index (χ2n) is 5.86. The molecule has 0 spiro atoms. The molecule has 2 aliphatic carbocycles. The highest BCUT2D eigenvalue weighted by atomic mass is 14.7. The summed E-state index contributed by atoms with van der Waals surface area (Å²) in [5.74, 6) is 2.89. The van der Waals surface area contributed by atoms with Crippen LogP contribution in [-0.2, 0) is 0 Å². The van der Waals surface area contributed by atoms with E-state index < -0.39 is 0 Å². The number of nitrogens with two attached hydrogens (primary N) is 1. The number of rotatable bonds is 4. The summed E-state index contributed by atoms with van der Waals surface area (Å²) in [5, 5.41) is 0. The average molecular weight is 195 g/mol. The first-order chi connectivity index (χ1) is 6.70. The lowest BCUT2D eigenvalue weighted by molar-refractivity contribution is 0.131. The lowest BCUT2D eigenvalue weighted by Crippen LogP contribution is -2.37. The molecular formula is C13H25N. The third kappa shape index (κ3) is 1.60. The summed E-state index contributed by atoms with van der Waals surface area (Å²) in [6, 6.07) is 0. The summed E-state index contributed by atoms with van der Waals surface area (Å²) in [4.78, 5) is 0. The van der Waals surface area contributed by atoms with Crippen molar-refractivity contribution in [1.82, 2.24) is 0 Å². The van der Waals surface area contributed by atoms with Gasteiger partial charge in [-0.2, -0.15) is 0 Å². The van der Waals surface area contributed by atoms with Crippen LogP contribution in [0.5, 0.6) is 0 Å². The average Bonchev–Trinajstić information content (AvgIpc) is 2.77. The van der Waals surface area contributed by atoms with Gasteiger partial charge in [-0.1, -0.05) is 26.7 Å². The monoisotopic (exact) mass is 195 g/mol. The standard InChI is InChI=1S/C13H25N/c1-3-10(2)7-13(9-14)8-11-4-5-12(13)6-11/h10-12H,3-9,14H2,1-2H3. The van der Waals surface area contributed by atoms with Gasteiger partial charge in [-0.15, -0.1) is 0 Å². The van der Waals surface area contributed by atoms with E-state index in [9.17, 15) is 0 Å². The zero-order chi connectivity index (χ0) is 10.2. The molecule has 14 heavy (non-hydrogen) atoms.